The van der Waals surface area contributed by atoms with Gasteiger partial charge in [-0.1, -0.05) is 12.1 Å². The summed E-state index contributed by atoms with van der Waals surface area (Å²) in [5.74, 6) is -0.658. The van der Waals surface area contributed by atoms with E-state index in [4.69, 9.17) is 0 Å². The molecule has 0 bridgehead atoms. The third-order valence-corrected chi connectivity index (χ3v) is 4.33. The molecule has 0 saturated carbocycles. The molecule has 0 unspecified atom stereocenters. The quantitative estimate of drug-likeness (QED) is 0.533. The molecule has 0 fully saturated rings. The van der Waals surface area contributed by atoms with E-state index >= 15 is 0 Å². The average molecular weight is 417 g/mol. The van der Waals surface area contributed by atoms with E-state index in [0.29, 0.717) is 16.8 Å². The number of rotatable bonds is 4. The lowest BCUT2D eigenvalue weighted by Crippen LogP contribution is -2.17. The Hall–Kier alpha value is -3.60. The molecular weight excluding hydrogens is 407 g/mol. The van der Waals surface area contributed by atoms with E-state index in [9.17, 15) is 18.0 Å². The first-order chi connectivity index (χ1) is 13.9. The SMILES string of the molecule is O=C(Nc1ncnc2ccc(-c3cccc(OC(F)(F)F)c3)nc12)c1cscn1. The highest BCUT2D eigenvalue weighted by molar-refractivity contribution is 7.07. The first kappa shape index (κ1) is 18.7. The van der Waals surface area contributed by atoms with Crippen LogP contribution in [0.2, 0.25) is 0 Å². The lowest BCUT2D eigenvalue weighted by atomic mass is 10.1. The third kappa shape index (κ3) is 4.29. The second-order valence-corrected chi connectivity index (χ2v) is 6.41. The number of alkyl halides is 3. The van der Waals surface area contributed by atoms with E-state index in [0.717, 1.165) is 0 Å². The Labute approximate surface area is 165 Å². The summed E-state index contributed by atoms with van der Waals surface area (Å²) in [6, 6.07) is 8.67. The average Bonchev–Trinajstić information content (AvgIpc) is 3.22. The van der Waals surface area contributed by atoms with E-state index in [1.54, 1.807) is 23.6 Å². The van der Waals surface area contributed by atoms with Gasteiger partial charge in [0, 0.05) is 10.9 Å². The number of amides is 1. The van der Waals surface area contributed by atoms with Crippen molar-refractivity contribution in [2.24, 2.45) is 0 Å². The van der Waals surface area contributed by atoms with Crippen molar-refractivity contribution in [1.29, 1.82) is 0 Å². The number of carbonyl (C=O) groups excluding carboxylic acids is 1. The van der Waals surface area contributed by atoms with Crippen LogP contribution in [0.4, 0.5) is 19.0 Å². The molecule has 4 aromatic rings. The van der Waals surface area contributed by atoms with E-state index in [-0.39, 0.29) is 22.8 Å². The summed E-state index contributed by atoms with van der Waals surface area (Å²) in [5.41, 5.74) is 3.27. The summed E-state index contributed by atoms with van der Waals surface area (Å²) in [7, 11) is 0. The van der Waals surface area contributed by atoms with Crippen molar-refractivity contribution in [2.75, 3.05) is 5.32 Å². The van der Waals surface area contributed by atoms with Gasteiger partial charge in [-0.15, -0.1) is 24.5 Å². The molecule has 1 amide bonds. The summed E-state index contributed by atoms with van der Waals surface area (Å²) in [6.45, 7) is 0. The highest BCUT2D eigenvalue weighted by Crippen LogP contribution is 2.29. The van der Waals surface area contributed by atoms with Gasteiger partial charge in [-0.3, -0.25) is 4.79 Å². The Balaban J connectivity index is 1.70. The topological polar surface area (TPSA) is 89.9 Å². The molecule has 4 rings (SSSR count). The number of anilines is 1. The molecule has 0 radical (unpaired) electrons. The second kappa shape index (κ2) is 7.43. The smallest absolute Gasteiger partial charge is 0.406 e. The number of pyridine rings is 1. The lowest BCUT2D eigenvalue weighted by Gasteiger charge is -2.10. The zero-order valence-electron chi connectivity index (χ0n) is 14.3. The van der Waals surface area contributed by atoms with Crippen LogP contribution in [0.5, 0.6) is 5.75 Å². The number of halogens is 3. The zero-order valence-corrected chi connectivity index (χ0v) is 15.2. The number of aromatic nitrogens is 4. The van der Waals surface area contributed by atoms with E-state index in [1.807, 2.05) is 0 Å². The maximum atomic E-state index is 12.5. The van der Waals surface area contributed by atoms with Crippen molar-refractivity contribution in [3.8, 4) is 17.0 Å². The molecule has 1 aromatic carbocycles. The van der Waals surface area contributed by atoms with Crippen molar-refractivity contribution >= 4 is 34.1 Å². The molecule has 7 nitrogen and oxygen atoms in total. The predicted octanol–water partition coefficient (Wildman–Crippen LogP) is 4.30. The van der Waals surface area contributed by atoms with Gasteiger partial charge in [-0.2, -0.15) is 0 Å². The van der Waals surface area contributed by atoms with Crippen LogP contribution in [0, 0.1) is 0 Å². The van der Waals surface area contributed by atoms with Gasteiger partial charge in [0.2, 0.25) is 0 Å². The molecule has 29 heavy (non-hydrogen) atoms. The van der Waals surface area contributed by atoms with Gasteiger partial charge in [0.1, 0.15) is 23.3 Å². The van der Waals surface area contributed by atoms with Crippen molar-refractivity contribution in [2.45, 2.75) is 6.36 Å². The zero-order chi connectivity index (χ0) is 20.4. The molecule has 1 N–H and O–H groups in total. The standard InChI is InChI=1S/C18H10F3N5O2S/c19-18(20,21)28-11-3-1-2-10(6-11)12-4-5-13-15(25-12)16(23-8-22-13)26-17(27)14-7-29-9-24-14/h1-9H,(H,22,23,26,27). The van der Waals surface area contributed by atoms with Crippen LogP contribution in [0.1, 0.15) is 10.5 Å². The van der Waals surface area contributed by atoms with Gasteiger partial charge >= 0.3 is 6.36 Å². The van der Waals surface area contributed by atoms with Gasteiger partial charge in [-0.05, 0) is 24.3 Å². The first-order valence-corrected chi connectivity index (χ1v) is 9.01. The second-order valence-electron chi connectivity index (χ2n) is 5.69. The fraction of sp³-hybridized carbons (Fsp3) is 0.0556. The molecule has 3 aromatic heterocycles. The minimum Gasteiger partial charge on any atom is -0.406 e. The summed E-state index contributed by atoms with van der Waals surface area (Å²) in [5, 5.41) is 4.21. The Morgan fingerprint density at radius 1 is 1.10 bits per heavy atom. The molecule has 11 heteroatoms. The van der Waals surface area contributed by atoms with Crippen LogP contribution in [-0.2, 0) is 0 Å². The summed E-state index contributed by atoms with van der Waals surface area (Å²) in [6.07, 6.45) is -3.52. The van der Waals surface area contributed by atoms with Crippen LogP contribution < -0.4 is 10.1 Å². The van der Waals surface area contributed by atoms with E-state index in [2.05, 4.69) is 30.0 Å². The van der Waals surface area contributed by atoms with Crippen LogP contribution in [-0.4, -0.2) is 32.2 Å². The van der Waals surface area contributed by atoms with Gasteiger partial charge in [-0.25, -0.2) is 19.9 Å². The number of hydrogen-bond donors (Lipinski definition) is 1. The minimum atomic E-state index is -4.80. The van der Waals surface area contributed by atoms with Crippen LogP contribution in [0.25, 0.3) is 22.3 Å². The number of thiazole rings is 1. The number of carbonyl (C=O) groups is 1. The maximum Gasteiger partial charge on any atom is 0.573 e. The Morgan fingerprint density at radius 2 is 1.97 bits per heavy atom. The van der Waals surface area contributed by atoms with Gasteiger partial charge in [0.05, 0.1) is 16.7 Å². The number of benzene rings is 1. The fourth-order valence-electron chi connectivity index (χ4n) is 2.54. The lowest BCUT2D eigenvalue weighted by molar-refractivity contribution is -0.274. The Bertz CT molecular complexity index is 1180. The first-order valence-electron chi connectivity index (χ1n) is 8.06. The number of nitrogens with zero attached hydrogens (tertiary/aromatic N) is 4. The maximum absolute atomic E-state index is 12.5. The molecule has 0 atom stereocenters. The molecule has 0 saturated heterocycles. The molecule has 3 heterocycles. The van der Waals surface area contributed by atoms with E-state index < -0.39 is 12.3 Å². The number of fused-ring (bicyclic) bond motifs is 1. The molecule has 146 valence electrons. The highest BCUT2D eigenvalue weighted by Gasteiger charge is 2.31. The van der Waals surface area contributed by atoms with Crippen LogP contribution >= 0.6 is 11.3 Å². The van der Waals surface area contributed by atoms with Gasteiger partial charge < -0.3 is 10.1 Å². The van der Waals surface area contributed by atoms with Crippen molar-refractivity contribution in [3.05, 3.63) is 59.3 Å². The van der Waals surface area contributed by atoms with Crippen LogP contribution in [0.15, 0.2) is 53.6 Å². The molecule has 0 aliphatic carbocycles. The van der Waals surface area contributed by atoms with E-state index in [1.165, 1.54) is 41.4 Å². The van der Waals surface area contributed by atoms with Crippen LogP contribution in [0.3, 0.4) is 0 Å². The normalized spacial score (nSPS) is 11.4. The van der Waals surface area contributed by atoms with Crippen molar-refractivity contribution in [3.63, 3.8) is 0 Å². The molecular formula is C18H10F3N5O2S. The Kier molecular flexibility index (Phi) is 4.80. The largest absolute Gasteiger partial charge is 0.573 e. The highest BCUT2D eigenvalue weighted by atomic mass is 32.1. The molecule has 0 aliphatic heterocycles. The fourth-order valence-corrected chi connectivity index (χ4v) is 3.07. The Morgan fingerprint density at radius 3 is 2.72 bits per heavy atom. The summed E-state index contributed by atoms with van der Waals surface area (Å²) in [4.78, 5) is 28.8. The number of hydrogen-bond acceptors (Lipinski definition) is 7. The van der Waals surface area contributed by atoms with Crippen molar-refractivity contribution < 1.29 is 22.7 Å². The summed E-state index contributed by atoms with van der Waals surface area (Å²) < 4.78 is 41.4. The molecule has 0 aliphatic rings. The predicted molar refractivity (Wildman–Crippen MR) is 99.5 cm³/mol. The third-order valence-electron chi connectivity index (χ3n) is 3.74. The van der Waals surface area contributed by atoms with Gasteiger partial charge in [0.25, 0.3) is 5.91 Å². The van der Waals surface area contributed by atoms with Crippen molar-refractivity contribution in [1.82, 2.24) is 19.9 Å². The number of nitrogens with one attached hydrogen (secondary N) is 1. The minimum absolute atomic E-state index is 0.164. The number of ether oxygens (including phenoxy) is 1. The van der Waals surface area contributed by atoms with Gasteiger partial charge in [0.15, 0.2) is 5.82 Å². The summed E-state index contributed by atoms with van der Waals surface area (Å²) >= 11 is 1.27. The molecule has 0 spiro atoms. The monoisotopic (exact) mass is 417 g/mol.